The van der Waals surface area contributed by atoms with Crippen molar-refractivity contribution in [2.45, 2.75) is 12.9 Å². The summed E-state index contributed by atoms with van der Waals surface area (Å²) in [6.07, 6.45) is -1.20. The zero-order chi connectivity index (χ0) is 11.8. The standard InChI is InChI=1S/C13H10O4/c14-12(15)13-16-7-10-9-4-2-1-3-8(9)5-6-11(10)17-13/h1-6,13H,7H2,(H,14,15). The molecule has 1 aliphatic rings. The smallest absolute Gasteiger partial charge is 0.373 e. The Morgan fingerprint density at radius 2 is 2.06 bits per heavy atom. The van der Waals surface area contributed by atoms with Crippen LogP contribution in [0.3, 0.4) is 0 Å². The average Bonchev–Trinajstić information content (AvgIpc) is 2.38. The van der Waals surface area contributed by atoms with Gasteiger partial charge in [-0.1, -0.05) is 30.3 Å². The molecule has 0 aliphatic carbocycles. The van der Waals surface area contributed by atoms with Gasteiger partial charge in [-0.05, 0) is 16.8 Å². The first-order valence-corrected chi connectivity index (χ1v) is 5.27. The zero-order valence-electron chi connectivity index (χ0n) is 8.92. The van der Waals surface area contributed by atoms with Crippen molar-refractivity contribution in [3.8, 4) is 5.75 Å². The number of benzene rings is 2. The number of ether oxygens (including phenoxy) is 2. The number of hydrogen-bond acceptors (Lipinski definition) is 3. The van der Waals surface area contributed by atoms with E-state index in [1.54, 1.807) is 6.07 Å². The highest BCUT2D eigenvalue weighted by molar-refractivity contribution is 5.88. The van der Waals surface area contributed by atoms with Crippen LogP contribution < -0.4 is 4.74 Å². The second kappa shape index (κ2) is 3.75. The van der Waals surface area contributed by atoms with Gasteiger partial charge in [0.05, 0.1) is 6.61 Å². The number of carboxylic acid groups (broad SMARTS) is 1. The minimum Gasteiger partial charge on any atom is -0.477 e. The summed E-state index contributed by atoms with van der Waals surface area (Å²) in [6, 6.07) is 11.6. The van der Waals surface area contributed by atoms with Crippen LogP contribution in [0.25, 0.3) is 10.8 Å². The van der Waals surface area contributed by atoms with Gasteiger partial charge in [-0.3, -0.25) is 0 Å². The van der Waals surface area contributed by atoms with Crippen molar-refractivity contribution in [1.29, 1.82) is 0 Å². The van der Waals surface area contributed by atoms with Gasteiger partial charge >= 0.3 is 5.97 Å². The van der Waals surface area contributed by atoms with Gasteiger partial charge in [-0.15, -0.1) is 0 Å². The van der Waals surface area contributed by atoms with Gasteiger partial charge in [-0.2, -0.15) is 0 Å². The van der Waals surface area contributed by atoms with E-state index >= 15 is 0 Å². The second-order valence-corrected chi connectivity index (χ2v) is 3.86. The lowest BCUT2D eigenvalue weighted by Gasteiger charge is -2.24. The molecular formula is C13H10O4. The Kier molecular flexibility index (Phi) is 2.23. The van der Waals surface area contributed by atoms with E-state index < -0.39 is 12.3 Å². The summed E-state index contributed by atoms with van der Waals surface area (Å²) in [7, 11) is 0. The summed E-state index contributed by atoms with van der Waals surface area (Å²) in [4.78, 5) is 10.8. The van der Waals surface area contributed by atoms with Crippen molar-refractivity contribution in [2.75, 3.05) is 0 Å². The van der Waals surface area contributed by atoms with E-state index in [0.29, 0.717) is 5.75 Å². The molecule has 86 valence electrons. The Morgan fingerprint density at radius 3 is 2.88 bits per heavy atom. The van der Waals surface area contributed by atoms with Crippen molar-refractivity contribution >= 4 is 16.7 Å². The molecule has 0 fully saturated rings. The molecule has 17 heavy (non-hydrogen) atoms. The van der Waals surface area contributed by atoms with E-state index in [1.165, 1.54) is 0 Å². The van der Waals surface area contributed by atoms with Crippen LogP contribution in [0.4, 0.5) is 0 Å². The van der Waals surface area contributed by atoms with E-state index in [9.17, 15) is 4.79 Å². The monoisotopic (exact) mass is 230 g/mol. The van der Waals surface area contributed by atoms with Crippen LogP contribution in [0, 0.1) is 0 Å². The van der Waals surface area contributed by atoms with Crippen molar-refractivity contribution in [3.63, 3.8) is 0 Å². The minimum atomic E-state index is -1.20. The molecule has 0 saturated carbocycles. The number of rotatable bonds is 1. The lowest BCUT2D eigenvalue weighted by Crippen LogP contribution is -2.33. The molecule has 4 heteroatoms. The van der Waals surface area contributed by atoms with Crippen LogP contribution in [0.1, 0.15) is 5.56 Å². The third kappa shape index (κ3) is 1.62. The summed E-state index contributed by atoms with van der Waals surface area (Å²) in [6.45, 7) is 0.258. The van der Waals surface area contributed by atoms with Crippen LogP contribution in [-0.2, 0) is 16.1 Å². The van der Waals surface area contributed by atoms with Gasteiger partial charge < -0.3 is 14.6 Å². The molecule has 3 rings (SSSR count). The Balaban J connectivity index is 2.11. The van der Waals surface area contributed by atoms with Gasteiger partial charge in [-0.25, -0.2) is 4.79 Å². The molecule has 0 spiro atoms. The van der Waals surface area contributed by atoms with Crippen LogP contribution in [0.2, 0.25) is 0 Å². The van der Waals surface area contributed by atoms with E-state index in [0.717, 1.165) is 16.3 Å². The maximum Gasteiger partial charge on any atom is 0.373 e. The predicted molar refractivity (Wildman–Crippen MR) is 60.8 cm³/mol. The third-order valence-electron chi connectivity index (χ3n) is 2.81. The van der Waals surface area contributed by atoms with Gasteiger partial charge in [0.25, 0.3) is 6.29 Å². The molecule has 1 heterocycles. The Labute approximate surface area is 97.4 Å². The van der Waals surface area contributed by atoms with Crippen LogP contribution in [0.5, 0.6) is 5.75 Å². The largest absolute Gasteiger partial charge is 0.477 e. The fraction of sp³-hybridized carbons (Fsp3) is 0.154. The van der Waals surface area contributed by atoms with E-state index in [-0.39, 0.29) is 6.61 Å². The summed E-state index contributed by atoms with van der Waals surface area (Å²) < 4.78 is 10.4. The Bertz CT molecular complexity index is 591. The highest BCUT2D eigenvalue weighted by Gasteiger charge is 2.27. The van der Waals surface area contributed by atoms with Crippen molar-refractivity contribution in [2.24, 2.45) is 0 Å². The lowest BCUT2D eigenvalue weighted by atomic mass is 10.0. The maximum atomic E-state index is 10.8. The van der Waals surface area contributed by atoms with Gasteiger partial charge in [0.2, 0.25) is 0 Å². The van der Waals surface area contributed by atoms with E-state index in [2.05, 4.69) is 0 Å². The minimum absolute atomic E-state index is 0.258. The molecule has 2 aromatic carbocycles. The van der Waals surface area contributed by atoms with Crippen molar-refractivity contribution in [1.82, 2.24) is 0 Å². The molecule has 0 aromatic heterocycles. The van der Waals surface area contributed by atoms with Gasteiger partial charge in [0.15, 0.2) is 0 Å². The molecule has 2 aromatic rings. The first kappa shape index (κ1) is 10.1. The van der Waals surface area contributed by atoms with Crippen LogP contribution in [0.15, 0.2) is 36.4 Å². The number of carboxylic acids is 1. The first-order valence-electron chi connectivity index (χ1n) is 5.27. The molecule has 1 unspecified atom stereocenters. The third-order valence-corrected chi connectivity index (χ3v) is 2.81. The Hall–Kier alpha value is -2.07. The molecular weight excluding hydrogens is 220 g/mol. The molecule has 1 N–H and O–H groups in total. The first-order chi connectivity index (χ1) is 8.25. The van der Waals surface area contributed by atoms with Gasteiger partial charge in [0, 0.05) is 5.56 Å². The van der Waals surface area contributed by atoms with Crippen molar-refractivity contribution < 1.29 is 19.4 Å². The molecule has 0 bridgehead atoms. The summed E-state index contributed by atoms with van der Waals surface area (Å²) in [5.41, 5.74) is 0.903. The molecule has 1 aliphatic heterocycles. The van der Waals surface area contributed by atoms with Gasteiger partial charge in [0.1, 0.15) is 5.75 Å². The molecule has 0 amide bonds. The second-order valence-electron chi connectivity index (χ2n) is 3.86. The van der Waals surface area contributed by atoms with Crippen molar-refractivity contribution in [3.05, 3.63) is 42.0 Å². The van der Waals surface area contributed by atoms with Crippen LogP contribution >= 0.6 is 0 Å². The number of aliphatic carboxylic acids is 1. The number of hydrogen-bond donors (Lipinski definition) is 1. The highest BCUT2D eigenvalue weighted by Crippen LogP contribution is 2.32. The molecule has 0 radical (unpaired) electrons. The molecule has 4 nitrogen and oxygen atoms in total. The lowest BCUT2D eigenvalue weighted by molar-refractivity contribution is -0.177. The number of fused-ring (bicyclic) bond motifs is 3. The fourth-order valence-electron chi connectivity index (χ4n) is 2.01. The summed E-state index contributed by atoms with van der Waals surface area (Å²) in [5, 5.41) is 11.0. The normalized spacial score (nSPS) is 18.5. The summed E-state index contributed by atoms with van der Waals surface area (Å²) >= 11 is 0. The SMILES string of the molecule is O=C(O)C1OCc2c(ccc3ccccc23)O1. The highest BCUT2D eigenvalue weighted by atomic mass is 16.7. The molecule has 0 saturated heterocycles. The quantitative estimate of drug-likeness (QED) is 0.815. The fourth-order valence-corrected chi connectivity index (χ4v) is 2.01. The number of carbonyl (C=O) groups is 1. The van der Waals surface area contributed by atoms with E-state index in [1.807, 2.05) is 30.3 Å². The van der Waals surface area contributed by atoms with E-state index in [4.69, 9.17) is 14.6 Å². The predicted octanol–water partition coefficient (Wildman–Crippen LogP) is 2.16. The zero-order valence-corrected chi connectivity index (χ0v) is 8.92. The summed E-state index contributed by atoms with van der Waals surface area (Å²) in [5.74, 6) is -0.522. The maximum absolute atomic E-state index is 10.8. The average molecular weight is 230 g/mol. The Morgan fingerprint density at radius 1 is 1.24 bits per heavy atom. The topological polar surface area (TPSA) is 55.8 Å². The molecule has 1 atom stereocenters. The van der Waals surface area contributed by atoms with Crippen LogP contribution in [-0.4, -0.2) is 17.4 Å².